The van der Waals surface area contributed by atoms with E-state index in [0.717, 1.165) is 6.92 Å². The molecule has 14 heteroatoms. The summed E-state index contributed by atoms with van der Waals surface area (Å²) in [6.07, 6.45) is 0. The predicted octanol–water partition coefficient (Wildman–Crippen LogP) is 7.74. The van der Waals surface area contributed by atoms with Gasteiger partial charge in [-0.1, -0.05) is 0 Å². The van der Waals surface area contributed by atoms with E-state index in [2.05, 4.69) is 4.74 Å². The van der Waals surface area contributed by atoms with Crippen LogP contribution in [-0.4, -0.2) is 13.7 Å². The molecule has 0 N–H and O–H groups in total. The fourth-order valence-corrected chi connectivity index (χ4v) is 3.96. The van der Waals surface area contributed by atoms with Crippen LogP contribution < -0.4 is 9.47 Å². The molecule has 0 radical (unpaired) electrons. The zero-order valence-electron chi connectivity index (χ0n) is 18.1. The van der Waals surface area contributed by atoms with Gasteiger partial charge in [-0.3, -0.25) is 0 Å². The van der Waals surface area contributed by atoms with Crippen LogP contribution in [0.25, 0.3) is 32.7 Å². The lowest BCUT2D eigenvalue weighted by Gasteiger charge is -2.21. The van der Waals surface area contributed by atoms with Gasteiger partial charge in [0.1, 0.15) is 0 Å². The molecule has 4 aromatic rings. The van der Waals surface area contributed by atoms with Crippen molar-refractivity contribution in [2.75, 3.05) is 13.7 Å². The molecule has 37 heavy (non-hydrogen) atoms. The highest BCUT2D eigenvalue weighted by Gasteiger charge is 2.37. The van der Waals surface area contributed by atoms with Crippen molar-refractivity contribution in [1.82, 2.24) is 0 Å². The van der Waals surface area contributed by atoms with Crippen LogP contribution in [0.4, 0.5) is 52.7 Å². The highest BCUT2D eigenvalue weighted by atomic mass is 19.2. The second-order valence-corrected chi connectivity index (χ2v) is 7.31. The Morgan fingerprint density at radius 2 is 0.703 bits per heavy atom. The van der Waals surface area contributed by atoms with Crippen LogP contribution >= 0.6 is 0 Å². The van der Waals surface area contributed by atoms with E-state index in [1.807, 2.05) is 0 Å². The summed E-state index contributed by atoms with van der Waals surface area (Å²) in [5.74, 6) is -32.8. The van der Waals surface area contributed by atoms with Gasteiger partial charge in [0.2, 0.25) is 11.6 Å². The highest BCUT2D eigenvalue weighted by Crippen LogP contribution is 2.52. The van der Waals surface area contributed by atoms with Gasteiger partial charge in [-0.05, 0) is 6.92 Å². The normalized spacial score (nSPS) is 11.6. The van der Waals surface area contributed by atoms with Gasteiger partial charge in [0.05, 0.1) is 24.5 Å². The van der Waals surface area contributed by atoms with Gasteiger partial charge in [0, 0.05) is 21.9 Å². The van der Waals surface area contributed by atoms with Gasteiger partial charge in [0.25, 0.3) is 0 Å². The largest absolute Gasteiger partial charge is 0.493 e. The number of fused-ring (bicyclic) bond motifs is 2. The summed E-state index contributed by atoms with van der Waals surface area (Å²) in [4.78, 5) is 0. The standard InChI is InChI=1S/C23H8F12O2/c1-3-37-23-7(5-9(15(29)21(23)35)13(27)19(33)17(31)11(5)25)6-4-8(14(28)20(34)22(6)36-2)12(26)18(32)16(30)10(4)24/h3H2,1-2H3. The van der Waals surface area contributed by atoms with E-state index >= 15 is 8.78 Å². The summed E-state index contributed by atoms with van der Waals surface area (Å²) in [6.45, 7) is 0.468. The molecule has 0 heterocycles. The van der Waals surface area contributed by atoms with Crippen LogP contribution in [0.5, 0.6) is 11.5 Å². The second kappa shape index (κ2) is 8.92. The van der Waals surface area contributed by atoms with Crippen LogP contribution in [0.15, 0.2) is 0 Å². The average molecular weight is 544 g/mol. The van der Waals surface area contributed by atoms with E-state index in [0.29, 0.717) is 7.11 Å². The highest BCUT2D eigenvalue weighted by molar-refractivity contribution is 6.11. The Morgan fingerprint density at radius 3 is 1.05 bits per heavy atom. The quantitative estimate of drug-likeness (QED) is 0.149. The molecule has 0 aliphatic rings. The van der Waals surface area contributed by atoms with E-state index in [9.17, 15) is 43.9 Å². The smallest absolute Gasteiger partial charge is 0.202 e. The molecular weight excluding hydrogens is 536 g/mol. The Balaban J connectivity index is 2.51. The number of hydrogen-bond donors (Lipinski definition) is 0. The number of hydrogen-bond acceptors (Lipinski definition) is 2. The molecule has 0 atom stereocenters. The lowest BCUT2D eigenvalue weighted by molar-refractivity contribution is 0.315. The Kier molecular flexibility index (Phi) is 6.32. The van der Waals surface area contributed by atoms with Crippen molar-refractivity contribution >= 4 is 21.5 Å². The predicted molar refractivity (Wildman–Crippen MR) is 104 cm³/mol. The van der Waals surface area contributed by atoms with Gasteiger partial charge >= 0.3 is 0 Å². The second-order valence-electron chi connectivity index (χ2n) is 7.31. The molecule has 0 aliphatic carbocycles. The molecule has 4 aromatic carbocycles. The topological polar surface area (TPSA) is 18.5 Å². The summed E-state index contributed by atoms with van der Waals surface area (Å²) >= 11 is 0. The summed E-state index contributed by atoms with van der Waals surface area (Å²) in [5, 5.41) is -7.44. The van der Waals surface area contributed by atoms with Crippen LogP contribution in [0.1, 0.15) is 6.92 Å². The van der Waals surface area contributed by atoms with Crippen molar-refractivity contribution < 1.29 is 62.2 Å². The van der Waals surface area contributed by atoms with E-state index in [4.69, 9.17) is 4.74 Å². The first-order valence-electron chi connectivity index (χ1n) is 9.83. The zero-order valence-corrected chi connectivity index (χ0v) is 18.1. The molecule has 0 saturated heterocycles. The molecule has 0 amide bonds. The first-order valence-corrected chi connectivity index (χ1v) is 9.83. The lowest BCUT2D eigenvalue weighted by Crippen LogP contribution is -2.10. The summed E-state index contributed by atoms with van der Waals surface area (Å²) in [5.41, 5.74) is -3.13. The van der Waals surface area contributed by atoms with E-state index in [1.54, 1.807) is 0 Å². The summed E-state index contributed by atoms with van der Waals surface area (Å²) in [7, 11) is 0.556. The Labute approximate surface area is 197 Å². The maximum atomic E-state index is 15.0. The van der Waals surface area contributed by atoms with Crippen molar-refractivity contribution in [2.24, 2.45) is 0 Å². The minimum Gasteiger partial charge on any atom is -0.493 e. The van der Waals surface area contributed by atoms with Crippen molar-refractivity contribution in [2.45, 2.75) is 6.92 Å². The zero-order chi connectivity index (χ0) is 27.7. The van der Waals surface area contributed by atoms with Crippen molar-refractivity contribution in [3.8, 4) is 22.6 Å². The van der Waals surface area contributed by atoms with Crippen molar-refractivity contribution in [3.05, 3.63) is 69.8 Å². The minimum atomic E-state index is -2.62. The molecular formula is C23H8F12O2. The minimum absolute atomic E-state index is 0.556. The van der Waals surface area contributed by atoms with Gasteiger partial charge in [-0.2, -0.15) is 8.78 Å². The molecule has 0 bridgehead atoms. The average Bonchev–Trinajstić information content (AvgIpc) is 2.87. The Morgan fingerprint density at radius 1 is 0.405 bits per heavy atom. The van der Waals surface area contributed by atoms with Crippen molar-refractivity contribution in [1.29, 1.82) is 0 Å². The molecule has 0 aromatic heterocycles. The number of methoxy groups -OCH3 is 1. The summed E-state index contributed by atoms with van der Waals surface area (Å²) < 4.78 is 184. The van der Waals surface area contributed by atoms with E-state index < -0.39 is 121 Å². The SMILES string of the molecule is CCOc1c(F)c(F)c2c(F)c(F)c(F)c(F)c2c1-c1c(OC)c(F)c(F)c2c(F)c(F)c(F)c(F)c12. The maximum absolute atomic E-state index is 15.0. The van der Waals surface area contributed by atoms with E-state index in [-0.39, 0.29) is 0 Å². The summed E-state index contributed by atoms with van der Waals surface area (Å²) in [6, 6.07) is 0. The van der Waals surface area contributed by atoms with Crippen LogP contribution in [0.2, 0.25) is 0 Å². The lowest BCUT2D eigenvalue weighted by atomic mass is 9.90. The third-order valence-electron chi connectivity index (χ3n) is 5.45. The van der Waals surface area contributed by atoms with Crippen LogP contribution in [0.3, 0.4) is 0 Å². The molecule has 0 aliphatic heterocycles. The van der Waals surface area contributed by atoms with Gasteiger partial charge in [-0.25, -0.2) is 43.9 Å². The van der Waals surface area contributed by atoms with Crippen LogP contribution in [0, 0.1) is 69.8 Å². The fourth-order valence-electron chi connectivity index (χ4n) is 3.96. The third kappa shape index (κ3) is 3.37. The Hall–Kier alpha value is -3.84. The monoisotopic (exact) mass is 544 g/mol. The van der Waals surface area contributed by atoms with E-state index in [1.165, 1.54) is 0 Å². The molecule has 196 valence electrons. The number of ether oxygens (including phenoxy) is 2. The van der Waals surface area contributed by atoms with Gasteiger partial charge < -0.3 is 9.47 Å². The number of benzene rings is 4. The number of halogens is 12. The van der Waals surface area contributed by atoms with Gasteiger partial charge in [-0.15, -0.1) is 0 Å². The van der Waals surface area contributed by atoms with Crippen LogP contribution in [-0.2, 0) is 0 Å². The molecule has 0 fully saturated rings. The fraction of sp³-hybridized carbons (Fsp3) is 0.130. The maximum Gasteiger partial charge on any atom is 0.202 e. The number of rotatable bonds is 4. The van der Waals surface area contributed by atoms with Gasteiger partial charge in [0.15, 0.2) is 69.7 Å². The van der Waals surface area contributed by atoms with Crippen molar-refractivity contribution in [3.63, 3.8) is 0 Å². The first-order chi connectivity index (χ1) is 17.3. The third-order valence-corrected chi connectivity index (χ3v) is 5.45. The molecule has 0 saturated carbocycles. The Bertz CT molecular complexity index is 1650. The molecule has 4 rings (SSSR count). The molecule has 0 unspecified atom stereocenters. The molecule has 0 spiro atoms. The first kappa shape index (κ1) is 26.2. The molecule has 2 nitrogen and oxygen atoms in total.